The van der Waals surface area contributed by atoms with Crippen molar-refractivity contribution < 1.29 is 0 Å². The number of nitrogens with two attached hydrogens (primary N) is 1. The second-order valence-corrected chi connectivity index (χ2v) is 3.36. The van der Waals surface area contributed by atoms with Crippen LogP contribution in [-0.2, 0) is 12.1 Å². The van der Waals surface area contributed by atoms with Crippen molar-refractivity contribution in [3.05, 3.63) is 18.0 Å². The Labute approximate surface area is 73.6 Å². The Morgan fingerprint density at radius 3 is 2.67 bits per heavy atom. The van der Waals surface area contributed by atoms with Gasteiger partial charge in [0.15, 0.2) is 0 Å². The third-order valence-corrected chi connectivity index (χ3v) is 2.35. The van der Waals surface area contributed by atoms with Gasteiger partial charge in [-0.3, -0.25) is 4.68 Å². The highest BCUT2D eigenvalue weighted by atomic mass is 15.3. The summed E-state index contributed by atoms with van der Waals surface area (Å²) in [7, 11) is 0. The maximum absolute atomic E-state index is 6.05. The van der Waals surface area contributed by atoms with Crippen molar-refractivity contribution in [2.24, 2.45) is 5.73 Å². The van der Waals surface area contributed by atoms with Gasteiger partial charge in [0.2, 0.25) is 0 Å². The van der Waals surface area contributed by atoms with E-state index in [0.717, 1.165) is 18.5 Å². The van der Waals surface area contributed by atoms with E-state index in [1.54, 1.807) is 0 Å². The number of rotatable bonds is 3. The zero-order valence-corrected chi connectivity index (χ0v) is 8.04. The molecule has 3 nitrogen and oxygen atoms in total. The second-order valence-electron chi connectivity index (χ2n) is 3.36. The van der Waals surface area contributed by atoms with Crippen molar-refractivity contribution in [1.82, 2.24) is 9.78 Å². The highest BCUT2D eigenvalue weighted by Gasteiger charge is 2.19. The van der Waals surface area contributed by atoms with Gasteiger partial charge in [0.05, 0.1) is 6.20 Å². The van der Waals surface area contributed by atoms with Crippen LogP contribution in [0.5, 0.6) is 0 Å². The third kappa shape index (κ3) is 1.67. The minimum atomic E-state index is -0.229. The summed E-state index contributed by atoms with van der Waals surface area (Å²) in [5.41, 5.74) is 6.94. The first-order valence-electron chi connectivity index (χ1n) is 4.42. The summed E-state index contributed by atoms with van der Waals surface area (Å²) in [5, 5.41) is 4.19. The Kier molecular flexibility index (Phi) is 2.52. The van der Waals surface area contributed by atoms with Crippen LogP contribution >= 0.6 is 0 Å². The summed E-state index contributed by atoms with van der Waals surface area (Å²) in [6.07, 6.45) is 4.80. The van der Waals surface area contributed by atoms with Gasteiger partial charge in [-0.1, -0.05) is 6.92 Å². The van der Waals surface area contributed by atoms with Gasteiger partial charge in [-0.05, 0) is 20.3 Å². The van der Waals surface area contributed by atoms with E-state index in [9.17, 15) is 0 Å². The molecule has 2 N–H and O–H groups in total. The van der Waals surface area contributed by atoms with E-state index in [2.05, 4.69) is 18.9 Å². The molecule has 1 heterocycles. The second kappa shape index (κ2) is 3.27. The molecule has 3 heteroatoms. The summed E-state index contributed by atoms with van der Waals surface area (Å²) in [5.74, 6) is 0. The zero-order chi connectivity index (χ0) is 9.19. The van der Waals surface area contributed by atoms with E-state index in [4.69, 9.17) is 5.73 Å². The fourth-order valence-corrected chi connectivity index (χ4v) is 1.04. The molecule has 1 rings (SSSR count). The first kappa shape index (κ1) is 9.26. The average Bonchev–Trinajstić information content (AvgIpc) is 2.52. The Hall–Kier alpha value is -0.830. The molecule has 0 aromatic carbocycles. The minimum Gasteiger partial charge on any atom is -0.322 e. The van der Waals surface area contributed by atoms with Gasteiger partial charge < -0.3 is 5.73 Å². The van der Waals surface area contributed by atoms with Crippen molar-refractivity contribution in [3.63, 3.8) is 0 Å². The molecule has 1 atom stereocenters. The summed E-state index contributed by atoms with van der Waals surface area (Å²) < 4.78 is 1.90. The normalized spacial score (nSPS) is 16.0. The van der Waals surface area contributed by atoms with E-state index in [1.807, 2.05) is 24.0 Å². The smallest absolute Gasteiger partial charge is 0.0540 e. The predicted molar refractivity (Wildman–Crippen MR) is 49.7 cm³/mol. The molecule has 12 heavy (non-hydrogen) atoms. The van der Waals surface area contributed by atoms with Crippen LogP contribution in [-0.4, -0.2) is 9.78 Å². The van der Waals surface area contributed by atoms with Gasteiger partial charge in [-0.2, -0.15) is 5.10 Å². The van der Waals surface area contributed by atoms with Crippen LogP contribution in [0.2, 0.25) is 0 Å². The van der Waals surface area contributed by atoms with E-state index in [1.165, 1.54) is 0 Å². The molecule has 68 valence electrons. The zero-order valence-electron chi connectivity index (χ0n) is 8.04. The molecular formula is C9H17N3. The van der Waals surface area contributed by atoms with Crippen LogP contribution in [0.25, 0.3) is 0 Å². The summed E-state index contributed by atoms with van der Waals surface area (Å²) in [4.78, 5) is 0. The van der Waals surface area contributed by atoms with Crippen molar-refractivity contribution >= 4 is 0 Å². The SMILES string of the molecule is CCn1cc(C(C)(N)CC)cn1. The standard InChI is InChI=1S/C9H17N3/c1-4-9(3,10)8-6-11-12(5-2)7-8/h6-7H,4-5,10H2,1-3H3. The van der Waals surface area contributed by atoms with Crippen LogP contribution in [0.3, 0.4) is 0 Å². The molecule has 1 aromatic heterocycles. The summed E-state index contributed by atoms with van der Waals surface area (Å²) in [6, 6.07) is 0. The van der Waals surface area contributed by atoms with E-state index < -0.39 is 0 Å². The first-order chi connectivity index (χ1) is 5.60. The van der Waals surface area contributed by atoms with Crippen LogP contribution in [0.1, 0.15) is 32.8 Å². The molecule has 0 radical (unpaired) electrons. The van der Waals surface area contributed by atoms with Crippen LogP contribution in [0.4, 0.5) is 0 Å². The lowest BCUT2D eigenvalue weighted by Gasteiger charge is -2.20. The summed E-state index contributed by atoms with van der Waals surface area (Å²) >= 11 is 0. The molecule has 0 saturated heterocycles. The minimum absolute atomic E-state index is 0.229. The Morgan fingerprint density at radius 1 is 1.58 bits per heavy atom. The molecule has 1 aromatic rings. The van der Waals surface area contributed by atoms with Gasteiger partial charge in [0.1, 0.15) is 0 Å². The Morgan fingerprint density at radius 2 is 2.25 bits per heavy atom. The van der Waals surface area contributed by atoms with Crippen molar-refractivity contribution in [3.8, 4) is 0 Å². The molecule has 0 fully saturated rings. The Balaban J connectivity index is 2.88. The number of hydrogen-bond acceptors (Lipinski definition) is 2. The highest BCUT2D eigenvalue weighted by Crippen LogP contribution is 2.19. The maximum atomic E-state index is 6.05. The fraction of sp³-hybridized carbons (Fsp3) is 0.667. The maximum Gasteiger partial charge on any atom is 0.0540 e. The van der Waals surface area contributed by atoms with Crippen molar-refractivity contribution in [1.29, 1.82) is 0 Å². The van der Waals surface area contributed by atoms with Gasteiger partial charge in [0.25, 0.3) is 0 Å². The molecule has 0 amide bonds. The highest BCUT2D eigenvalue weighted by molar-refractivity contribution is 5.15. The van der Waals surface area contributed by atoms with Crippen LogP contribution in [0.15, 0.2) is 12.4 Å². The molecule has 0 aliphatic heterocycles. The van der Waals surface area contributed by atoms with Gasteiger partial charge in [-0.15, -0.1) is 0 Å². The van der Waals surface area contributed by atoms with Gasteiger partial charge >= 0.3 is 0 Å². The van der Waals surface area contributed by atoms with Crippen molar-refractivity contribution in [2.45, 2.75) is 39.3 Å². The van der Waals surface area contributed by atoms with Crippen molar-refractivity contribution in [2.75, 3.05) is 0 Å². The lowest BCUT2D eigenvalue weighted by atomic mass is 9.94. The first-order valence-corrected chi connectivity index (χ1v) is 4.42. The van der Waals surface area contributed by atoms with Crippen LogP contribution in [0, 0.1) is 0 Å². The topological polar surface area (TPSA) is 43.8 Å². The quantitative estimate of drug-likeness (QED) is 0.741. The molecule has 1 unspecified atom stereocenters. The largest absolute Gasteiger partial charge is 0.322 e. The monoisotopic (exact) mass is 167 g/mol. The third-order valence-electron chi connectivity index (χ3n) is 2.35. The van der Waals surface area contributed by atoms with E-state index >= 15 is 0 Å². The molecule has 0 aliphatic rings. The molecular weight excluding hydrogens is 150 g/mol. The molecule has 0 saturated carbocycles. The average molecular weight is 167 g/mol. The fourth-order valence-electron chi connectivity index (χ4n) is 1.04. The number of aromatic nitrogens is 2. The lowest BCUT2D eigenvalue weighted by Crippen LogP contribution is -2.31. The van der Waals surface area contributed by atoms with E-state index in [0.29, 0.717) is 0 Å². The number of hydrogen-bond donors (Lipinski definition) is 1. The number of nitrogens with zero attached hydrogens (tertiary/aromatic N) is 2. The lowest BCUT2D eigenvalue weighted by molar-refractivity contribution is 0.475. The Bertz CT molecular complexity index is 250. The van der Waals surface area contributed by atoms with Gasteiger partial charge in [-0.25, -0.2) is 0 Å². The van der Waals surface area contributed by atoms with E-state index in [-0.39, 0.29) is 5.54 Å². The number of aryl methyl sites for hydroxylation is 1. The molecule has 0 bridgehead atoms. The van der Waals surface area contributed by atoms with Gasteiger partial charge in [0, 0.05) is 23.8 Å². The predicted octanol–water partition coefficient (Wildman–Crippen LogP) is 1.49. The molecule has 0 aliphatic carbocycles. The summed E-state index contributed by atoms with van der Waals surface area (Å²) in [6.45, 7) is 7.09. The van der Waals surface area contributed by atoms with Crippen LogP contribution < -0.4 is 5.73 Å². The molecule has 0 spiro atoms.